The molecule has 0 bridgehead atoms. The van der Waals surface area contributed by atoms with Gasteiger partial charge >= 0.3 is 6.01 Å². The van der Waals surface area contributed by atoms with Crippen molar-refractivity contribution in [3.05, 3.63) is 41.3 Å². The first-order valence-corrected chi connectivity index (χ1v) is 6.97. The molecule has 1 N–H and O–H groups in total. The molecule has 0 amide bonds. The highest BCUT2D eigenvalue weighted by atomic mass is 35.5. The van der Waals surface area contributed by atoms with Gasteiger partial charge < -0.3 is 9.73 Å². The molecule has 2 unspecified atom stereocenters. The Morgan fingerprint density at radius 1 is 1.32 bits per heavy atom. The second-order valence-electron chi connectivity index (χ2n) is 4.91. The Balaban J connectivity index is 1.68. The van der Waals surface area contributed by atoms with Gasteiger partial charge in [-0.15, -0.1) is 16.7 Å². The number of benzene rings is 1. The van der Waals surface area contributed by atoms with Crippen molar-refractivity contribution in [3.63, 3.8) is 0 Å². The molecule has 0 aliphatic heterocycles. The quantitative estimate of drug-likeness (QED) is 0.874. The lowest BCUT2D eigenvalue weighted by atomic mass is 9.88. The first-order valence-electron chi connectivity index (χ1n) is 6.53. The molecule has 2 aromatic rings. The molecule has 1 aliphatic rings. The van der Waals surface area contributed by atoms with Crippen molar-refractivity contribution in [2.75, 3.05) is 5.32 Å². The predicted octanol–water partition coefficient (Wildman–Crippen LogP) is 3.34. The Hall–Kier alpha value is -1.55. The van der Waals surface area contributed by atoms with E-state index in [4.69, 9.17) is 16.0 Å². The number of rotatable bonds is 3. The van der Waals surface area contributed by atoms with Crippen LogP contribution in [0.4, 0.5) is 6.01 Å². The number of alkyl halides is 1. The third-order valence-corrected chi connectivity index (χ3v) is 3.64. The van der Waals surface area contributed by atoms with Crippen molar-refractivity contribution in [1.82, 2.24) is 10.2 Å². The molecule has 100 valence electrons. The zero-order valence-electron chi connectivity index (χ0n) is 10.8. The SMILES string of the molecule is CC(Cl)c1nnc(NC2CCc3ccccc3C2)o1. The van der Waals surface area contributed by atoms with Crippen LogP contribution in [0.25, 0.3) is 0 Å². The Morgan fingerprint density at radius 3 is 2.84 bits per heavy atom. The van der Waals surface area contributed by atoms with Gasteiger partial charge in [0.15, 0.2) is 0 Å². The molecule has 5 heteroatoms. The summed E-state index contributed by atoms with van der Waals surface area (Å²) in [4.78, 5) is 0. The van der Waals surface area contributed by atoms with E-state index in [0.717, 1.165) is 19.3 Å². The van der Waals surface area contributed by atoms with Gasteiger partial charge in [-0.1, -0.05) is 29.4 Å². The van der Waals surface area contributed by atoms with Gasteiger partial charge in [-0.3, -0.25) is 0 Å². The van der Waals surface area contributed by atoms with Crippen LogP contribution in [0.1, 0.15) is 35.7 Å². The van der Waals surface area contributed by atoms with Crippen molar-refractivity contribution < 1.29 is 4.42 Å². The number of nitrogens with one attached hydrogen (secondary N) is 1. The lowest BCUT2D eigenvalue weighted by Gasteiger charge is -2.24. The fourth-order valence-corrected chi connectivity index (χ4v) is 2.54. The van der Waals surface area contributed by atoms with E-state index >= 15 is 0 Å². The maximum Gasteiger partial charge on any atom is 0.315 e. The van der Waals surface area contributed by atoms with Crippen molar-refractivity contribution in [2.24, 2.45) is 0 Å². The number of aryl methyl sites for hydroxylation is 1. The van der Waals surface area contributed by atoms with E-state index in [1.54, 1.807) is 0 Å². The summed E-state index contributed by atoms with van der Waals surface area (Å²) in [6.07, 6.45) is 3.15. The highest BCUT2D eigenvalue weighted by Gasteiger charge is 2.20. The third kappa shape index (κ3) is 2.73. The number of hydrogen-bond acceptors (Lipinski definition) is 4. The molecule has 1 aromatic heterocycles. The van der Waals surface area contributed by atoms with Crippen LogP contribution in [0.5, 0.6) is 0 Å². The first-order chi connectivity index (χ1) is 9.22. The Labute approximate surface area is 117 Å². The topological polar surface area (TPSA) is 51.0 Å². The predicted molar refractivity (Wildman–Crippen MR) is 74.4 cm³/mol. The highest BCUT2D eigenvalue weighted by Crippen LogP contribution is 2.24. The molecule has 19 heavy (non-hydrogen) atoms. The Morgan fingerprint density at radius 2 is 2.11 bits per heavy atom. The molecule has 2 atom stereocenters. The third-order valence-electron chi connectivity index (χ3n) is 3.46. The van der Waals surface area contributed by atoms with Crippen molar-refractivity contribution in [2.45, 2.75) is 37.6 Å². The second-order valence-corrected chi connectivity index (χ2v) is 5.57. The van der Waals surface area contributed by atoms with Gasteiger partial charge in [-0.25, -0.2) is 0 Å². The van der Waals surface area contributed by atoms with Crippen LogP contribution < -0.4 is 5.32 Å². The summed E-state index contributed by atoms with van der Waals surface area (Å²) >= 11 is 5.90. The summed E-state index contributed by atoms with van der Waals surface area (Å²) in [7, 11) is 0. The average Bonchev–Trinajstić information content (AvgIpc) is 2.87. The Bertz CT molecular complexity index is 567. The fraction of sp³-hybridized carbons (Fsp3) is 0.429. The van der Waals surface area contributed by atoms with Crippen LogP contribution in [0.3, 0.4) is 0 Å². The van der Waals surface area contributed by atoms with Crippen LogP contribution in [0.15, 0.2) is 28.7 Å². The molecule has 0 saturated heterocycles. The minimum absolute atomic E-state index is 0.255. The number of halogens is 1. The molecule has 1 aromatic carbocycles. The van der Waals surface area contributed by atoms with Crippen LogP contribution >= 0.6 is 11.6 Å². The fourth-order valence-electron chi connectivity index (χ4n) is 2.45. The zero-order chi connectivity index (χ0) is 13.2. The summed E-state index contributed by atoms with van der Waals surface area (Å²) in [6.45, 7) is 1.82. The number of fused-ring (bicyclic) bond motifs is 1. The molecular weight excluding hydrogens is 262 g/mol. The van der Waals surface area contributed by atoms with Gasteiger partial charge in [0, 0.05) is 6.04 Å². The van der Waals surface area contributed by atoms with Gasteiger partial charge in [0.25, 0.3) is 0 Å². The van der Waals surface area contributed by atoms with Gasteiger partial charge in [0.1, 0.15) is 5.38 Å². The zero-order valence-corrected chi connectivity index (χ0v) is 11.5. The van der Waals surface area contributed by atoms with Crippen molar-refractivity contribution in [3.8, 4) is 0 Å². The summed E-state index contributed by atoms with van der Waals surface area (Å²) in [6, 6.07) is 9.37. The lowest BCUT2D eigenvalue weighted by molar-refractivity contribution is 0.491. The van der Waals surface area contributed by atoms with Gasteiger partial charge in [0.05, 0.1) is 0 Å². The van der Waals surface area contributed by atoms with Crippen LogP contribution in [0.2, 0.25) is 0 Å². The summed E-state index contributed by atoms with van der Waals surface area (Å²) in [5.41, 5.74) is 2.85. The van der Waals surface area contributed by atoms with E-state index in [2.05, 4.69) is 39.8 Å². The van der Waals surface area contributed by atoms with Crippen LogP contribution in [-0.4, -0.2) is 16.2 Å². The molecule has 0 radical (unpaired) electrons. The molecule has 0 saturated carbocycles. The summed E-state index contributed by atoms with van der Waals surface area (Å²) in [5, 5.41) is 10.9. The van der Waals surface area contributed by atoms with Gasteiger partial charge in [-0.05, 0) is 37.3 Å². The maximum absolute atomic E-state index is 5.90. The summed E-state index contributed by atoms with van der Waals surface area (Å²) in [5.74, 6) is 0.459. The first kappa shape index (κ1) is 12.5. The molecule has 0 spiro atoms. The average molecular weight is 278 g/mol. The molecule has 0 fully saturated rings. The lowest BCUT2D eigenvalue weighted by Crippen LogP contribution is -2.27. The van der Waals surface area contributed by atoms with E-state index in [1.165, 1.54) is 11.1 Å². The molecule has 4 nitrogen and oxygen atoms in total. The van der Waals surface area contributed by atoms with Gasteiger partial charge in [-0.2, -0.15) is 0 Å². The van der Waals surface area contributed by atoms with Crippen LogP contribution in [-0.2, 0) is 12.8 Å². The molecule has 3 rings (SSSR count). The van der Waals surface area contributed by atoms with E-state index in [1.807, 2.05) is 6.92 Å². The largest absolute Gasteiger partial charge is 0.406 e. The normalized spacial score (nSPS) is 19.8. The number of aromatic nitrogens is 2. The monoisotopic (exact) mass is 277 g/mol. The van der Waals surface area contributed by atoms with E-state index < -0.39 is 0 Å². The van der Waals surface area contributed by atoms with E-state index in [9.17, 15) is 0 Å². The Kier molecular flexibility index (Phi) is 3.42. The summed E-state index contributed by atoms with van der Waals surface area (Å²) < 4.78 is 5.47. The van der Waals surface area contributed by atoms with E-state index in [-0.39, 0.29) is 5.38 Å². The standard InChI is InChI=1S/C14H16ClN3O/c1-9(15)13-17-18-14(19-13)16-12-7-6-10-4-2-3-5-11(10)8-12/h2-5,9,12H,6-8H2,1H3,(H,16,18). The second kappa shape index (κ2) is 5.21. The van der Waals surface area contributed by atoms with E-state index in [0.29, 0.717) is 17.9 Å². The van der Waals surface area contributed by atoms with Crippen molar-refractivity contribution in [1.29, 1.82) is 0 Å². The smallest absolute Gasteiger partial charge is 0.315 e. The molecule has 1 aliphatic carbocycles. The maximum atomic E-state index is 5.90. The molecule has 1 heterocycles. The number of anilines is 1. The minimum Gasteiger partial charge on any atom is -0.406 e. The number of hydrogen-bond donors (Lipinski definition) is 1. The van der Waals surface area contributed by atoms with Gasteiger partial charge in [0.2, 0.25) is 5.89 Å². The molecular formula is C14H16ClN3O. The van der Waals surface area contributed by atoms with Crippen molar-refractivity contribution >= 4 is 17.6 Å². The highest BCUT2D eigenvalue weighted by molar-refractivity contribution is 6.20. The number of nitrogens with zero attached hydrogens (tertiary/aromatic N) is 2. The van der Waals surface area contributed by atoms with Crippen LogP contribution in [0, 0.1) is 0 Å². The minimum atomic E-state index is -0.255.